The number of piperazine rings is 1. The second-order valence-electron chi connectivity index (χ2n) is 8.25. The summed E-state index contributed by atoms with van der Waals surface area (Å²) in [5, 5.41) is 6.14. The molecule has 9 heteroatoms. The molecular formula is C25H29FN4O4. The topological polar surface area (TPSA) is 74.7 Å². The van der Waals surface area contributed by atoms with Gasteiger partial charge in [0.15, 0.2) is 0 Å². The van der Waals surface area contributed by atoms with Gasteiger partial charge in [0.05, 0.1) is 32.0 Å². The third kappa shape index (κ3) is 5.36. The van der Waals surface area contributed by atoms with Crippen LogP contribution in [0.2, 0.25) is 0 Å². The fraction of sp³-hybridized carbons (Fsp3) is 0.400. The van der Waals surface area contributed by atoms with Crippen molar-refractivity contribution in [3.63, 3.8) is 0 Å². The number of benzene rings is 2. The average molecular weight is 469 g/mol. The van der Waals surface area contributed by atoms with Crippen LogP contribution in [0.15, 0.2) is 53.6 Å². The summed E-state index contributed by atoms with van der Waals surface area (Å²) in [4.78, 5) is 29.0. The summed E-state index contributed by atoms with van der Waals surface area (Å²) in [6, 6.07) is 13.5. The van der Waals surface area contributed by atoms with E-state index in [1.807, 2.05) is 29.2 Å². The van der Waals surface area contributed by atoms with Crippen LogP contribution in [0.1, 0.15) is 30.5 Å². The highest BCUT2D eigenvalue weighted by Gasteiger charge is 2.34. The molecule has 0 saturated carbocycles. The van der Waals surface area contributed by atoms with Gasteiger partial charge in [-0.15, -0.1) is 0 Å². The molecule has 0 unspecified atom stereocenters. The Morgan fingerprint density at radius 2 is 1.82 bits per heavy atom. The van der Waals surface area contributed by atoms with Crippen LogP contribution in [0.4, 0.5) is 9.18 Å². The van der Waals surface area contributed by atoms with Crippen molar-refractivity contribution < 1.29 is 23.5 Å². The van der Waals surface area contributed by atoms with Crippen molar-refractivity contribution in [2.24, 2.45) is 5.10 Å². The first kappa shape index (κ1) is 23.7. The first-order valence-electron chi connectivity index (χ1n) is 11.4. The van der Waals surface area contributed by atoms with E-state index in [0.29, 0.717) is 50.5 Å². The highest BCUT2D eigenvalue weighted by molar-refractivity contribution is 6.03. The number of amides is 2. The van der Waals surface area contributed by atoms with Gasteiger partial charge in [0.2, 0.25) is 0 Å². The first-order valence-corrected chi connectivity index (χ1v) is 11.4. The van der Waals surface area contributed by atoms with Gasteiger partial charge in [0.1, 0.15) is 11.6 Å². The molecule has 34 heavy (non-hydrogen) atoms. The molecule has 2 amide bonds. The number of ether oxygens (including phenoxy) is 2. The molecule has 0 aliphatic carbocycles. The first-order chi connectivity index (χ1) is 16.5. The molecule has 2 heterocycles. The molecule has 2 aromatic rings. The third-order valence-corrected chi connectivity index (χ3v) is 6.08. The molecule has 1 saturated heterocycles. The Hall–Kier alpha value is -3.46. The van der Waals surface area contributed by atoms with Gasteiger partial charge in [-0.3, -0.25) is 9.69 Å². The largest absolute Gasteiger partial charge is 0.497 e. The van der Waals surface area contributed by atoms with Crippen LogP contribution >= 0.6 is 0 Å². The molecule has 2 aromatic carbocycles. The summed E-state index contributed by atoms with van der Waals surface area (Å²) in [7, 11) is 1.60. The zero-order valence-electron chi connectivity index (χ0n) is 19.4. The lowest BCUT2D eigenvalue weighted by atomic mass is 9.98. The van der Waals surface area contributed by atoms with Crippen LogP contribution in [0.3, 0.4) is 0 Å². The Labute approximate surface area is 198 Å². The van der Waals surface area contributed by atoms with E-state index in [0.717, 1.165) is 11.3 Å². The molecular weight excluding hydrogens is 439 g/mol. The number of rotatable bonds is 6. The molecule has 0 radical (unpaired) electrons. The number of nitrogens with zero attached hydrogens (tertiary/aromatic N) is 4. The molecule has 2 aliphatic rings. The summed E-state index contributed by atoms with van der Waals surface area (Å²) in [5.41, 5.74) is 2.26. The van der Waals surface area contributed by atoms with Crippen molar-refractivity contribution in [1.82, 2.24) is 14.8 Å². The Morgan fingerprint density at radius 3 is 2.47 bits per heavy atom. The smallest absolute Gasteiger partial charge is 0.409 e. The molecule has 1 atom stereocenters. The van der Waals surface area contributed by atoms with E-state index in [4.69, 9.17) is 9.47 Å². The normalized spacial score (nSPS) is 18.6. The van der Waals surface area contributed by atoms with Crippen LogP contribution in [0.25, 0.3) is 0 Å². The second kappa shape index (κ2) is 10.6. The lowest BCUT2D eigenvalue weighted by molar-refractivity contribution is -0.134. The number of methoxy groups -OCH3 is 1. The molecule has 180 valence electrons. The Morgan fingerprint density at radius 1 is 1.09 bits per heavy atom. The van der Waals surface area contributed by atoms with Crippen molar-refractivity contribution in [3.05, 3.63) is 65.5 Å². The lowest BCUT2D eigenvalue weighted by Crippen LogP contribution is -2.51. The van der Waals surface area contributed by atoms with Crippen LogP contribution in [0.5, 0.6) is 5.75 Å². The van der Waals surface area contributed by atoms with Crippen LogP contribution in [0, 0.1) is 5.82 Å². The molecule has 0 aromatic heterocycles. The van der Waals surface area contributed by atoms with Crippen molar-refractivity contribution in [2.75, 3.05) is 46.4 Å². The van der Waals surface area contributed by atoms with E-state index in [9.17, 15) is 14.0 Å². The van der Waals surface area contributed by atoms with Crippen molar-refractivity contribution in [2.45, 2.75) is 19.4 Å². The van der Waals surface area contributed by atoms with Gasteiger partial charge < -0.3 is 14.4 Å². The zero-order valence-corrected chi connectivity index (χ0v) is 19.4. The quantitative estimate of drug-likeness (QED) is 0.651. The van der Waals surface area contributed by atoms with Gasteiger partial charge in [-0.1, -0.05) is 24.3 Å². The maximum absolute atomic E-state index is 13.8. The molecule has 4 rings (SSSR count). The summed E-state index contributed by atoms with van der Waals surface area (Å²) in [5.74, 6) is 0.243. The minimum Gasteiger partial charge on any atom is -0.497 e. The van der Waals surface area contributed by atoms with Crippen LogP contribution in [-0.2, 0) is 9.53 Å². The molecule has 0 bridgehead atoms. The van der Waals surface area contributed by atoms with E-state index < -0.39 is 0 Å². The van der Waals surface area contributed by atoms with E-state index >= 15 is 0 Å². The molecule has 2 aliphatic heterocycles. The van der Waals surface area contributed by atoms with E-state index in [1.54, 1.807) is 31.1 Å². The predicted octanol–water partition coefficient (Wildman–Crippen LogP) is 3.29. The standard InChI is InChI=1S/C25H29FN4O4/c1-3-34-25(32)29-13-11-28(12-14-29)17-24(31)30-23(18-7-9-21(33-2)10-8-18)16-22(27-30)19-5-4-6-20(26)15-19/h4-10,15,23H,3,11-14,16-17H2,1-2H3/t23-/m1/s1. The zero-order chi connectivity index (χ0) is 24.1. The maximum Gasteiger partial charge on any atom is 0.409 e. The van der Waals surface area contributed by atoms with Crippen LogP contribution in [-0.4, -0.2) is 79.0 Å². The number of hydrogen-bond donors (Lipinski definition) is 0. The number of carbonyl (C=O) groups excluding carboxylic acids is 2. The number of halogens is 1. The van der Waals surface area contributed by atoms with E-state index in [1.165, 1.54) is 17.1 Å². The van der Waals surface area contributed by atoms with Gasteiger partial charge in [-0.05, 0) is 36.8 Å². The Bertz CT molecular complexity index is 1050. The van der Waals surface area contributed by atoms with Crippen molar-refractivity contribution in [3.8, 4) is 5.75 Å². The molecule has 0 spiro atoms. The van der Waals surface area contributed by atoms with E-state index in [-0.39, 0.29) is 30.4 Å². The van der Waals surface area contributed by atoms with Gasteiger partial charge in [0, 0.05) is 38.2 Å². The lowest BCUT2D eigenvalue weighted by Gasteiger charge is -2.34. The fourth-order valence-electron chi connectivity index (χ4n) is 4.24. The molecule has 0 N–H and O–H groups in total. The number of hydrogen-bond acceptors (Lipinski definition) is 6. The predicted molar refractivity (Wildman–Crippen MR) is 125 cm³/mol. The Balaban J connectivity index is 1.49. The Kier molecular flexibility index (Phi) is 7.42. The van der Waals surface area contributed by atoms with Crippen molar-refractivity contribution >= 4 is 17.7 Å². The average Bonchev–Trinajstić information content (AvgIpc) is 3.30. The van der Waals surface area contributed by atoms with Crippen LogP contribution < -0.4 is 4.74 Å². The highest BCUT2D eigenvalue weighted by Crippen LogP contribution is 2.34. The summed E-state index contributed by atoms with van der Waals surface area (Å²) in [6.45, 7) is 4.46. The summed E-state index contributed by atoms with van der Waals surface area (Å²) < 4.78 is 24.1. The minimum absolute atomic E-state index is 0.142. The molecule has 1 fully saturated rings. The summed E-state index contributed by atoms with van der Waals surface area (Å²) >= 11 is 0. The van der Waals surface area contributed by atoms with Gasteiger partial charge in [0.25, 0.3) is 5.91 Å². The second-order valence-corrected chi connectivity index (χ2v) is 8.25. The fourth-order valence-corrected chi connectivity index (χ4v) is 4.24. The molecule has 8 nitrogen and oxygen atoms in total. The SMILES string of the molecule is CCOC(=O)N1CCN(CC(=O)N2N=C(c3cccc(F)c3)C[C@@H]2c2ccc(OC)cc2)CC1. The maximum atomic E-state index is 13.8. The third-order valence-electron chi connectivity index (χ3n) is 6.08. The van der Waals surface area contributed by atoms with Gasteiger partial charge in [-0.25, -0.2) is 14.2 Å². The number of hydrazone groups is 1. The summed E-state index contributed by atoms with van der Waals surface area (Å²) in [6.07, 6.45) is 0.162. The number of carbonyl (C=O) groups is 2. The van der Waals surface area contributed by atoms with Crippen molar-refractivity contribution in [1.29, 1.82) is 0 Å². The van der Waals surface area contributed by atoms with E-state index in [2.05, 4.69) is 5.10 Å². The highest BCUT2D eigenvalue weighted by atomic mass is 19.1. The van der Waals surface area contributed by atoms with Gasteiger partial charge in [-0.2, -0.15) is 5.10 Å². The van der Waals surface area contributed by atoms with Gasteiger partial charge >= 0.3 is 6.09 Å². The monoisotopic (exact) mass is 468 g/mol. The minimum atomic E-state index is -0.342.